The second-order valence-electron chi connectivity index (χ2n) is 8.18. The minimum Gasteiger partial charge on any atom is -0.497 e. The molecule has 1 aromatic heterocycles. The van der Waals surface area contributed by atoms with Crippen molar-refractivity contribution in [3.05, 3.63) is 64.6 Å². The van der Waals surface area contributed by atoms with Gasteiger partial charge in [-0.05, 0) is 49.6 Å². The number of aromatic nitrogens is 2. The smallest absolute Gasteiger partial charge is 0.329 e. The number of benzene rings is 2. The summed E-state index contributed by atoms with van der Waals surface area (Å²) in [5.41, 5.74) is 2.71. The Morgan fingerprint density at radius 1 is 1.16 bits per heavy atom. The van der Waals surface area contributed by atoms with Crippen LogP contribution in [-0.4, -0.2) is 46.3 Å². The van der Waals surface area contributed by atoms with Gasteiger partial charge >= 0.3 is 5.69 Å². The molecule has 7 heteroatoms. The molecule has 0 radical (unpaired) electrons. The van der Waals surface area contributed by atoms with Crippen LogP contribution in [-0.2, 0) is 29.2 Å². The number of methoxy groups -OCH3 is 1. The van der Waals surface area contributed by atoms with Crippen molar-refractivity contribution in [2.75, 3.05) is 20.3 Å². The molecule has 0 bridgehead atoms. The summed E-state index contributed by atoms with van der Waals surface area (Å²) in [5.74, 6) is 0.787. The first-order chi connectivity index (χ1) is 15.6. The molecule has 1 amide bonds. The molecule has 1 aliphatic rings. The second kappa shape index (κ2) is 10.0. The molecular formula is C25H31N3O4. The predicted molar refractivity (Wildman–Crippen MR) is 124 cm³/mol. The number of para-hydroxylation sites is 2. The zero-order valence-corrected chi connectivity index (χ0v) is 18.8. The molecule has 4 rings (SSSR count). The molecule has 0 N–H and O–H groups in total. The van der Waals surface area contributed by atoms with Crippen molar-refractivity contribution < 1.29 is 14.3 Å². The molecular weight excluding hydrogens is 406 g/mol. The molecule has 1 unspecified atom stereocenters. The first kappa shape index (κ1) is 22.1. The van der Waals surface area contributed by atoms with E-state index in [1.54, 1.807) is 16.2 Å². The first-order valence-corrected chi connectivity index (χ1v) is 11.3. The number of carbonyl (C=O) groups excluding carboxylic acids is 1. The number of nitrogens with zero attached hydrogens (tertiary/aromatic N) is 3. The van der Waals surface area contributed by atoms with Gasteiger partial charge in [0.05, 0.1) is 24.2 Å². The lowest BCUT2D eigenvalue weighted by atomic mass is 10.1. The Labute approximate surface area is 188 Å². The Morgan fingerprint density at radius 3 is 2.62 bits per heavy atom. The van der Waals surface area contributed by atoms with Crippen molar-refractivity contribution >= 4 is 16.9 Å². The zero-order valence-electron chi connectivity index (χ0n) is 18.8. The lowest BCUT2D eigenvalue weighted by molar-refractivity contribution is -0.133. The number of carbonyl (C=O) groups is 1. The van der Waals surface area contributed by atoms with Crippen molar-refractivity contribution in [1.82, 2.24) is 14.0 Å². The van der Waals surface area contributed by atoms with Gasteiger partial charge < -0.3 is 14.4 Å². The average Bonchev–Trinajstić information content (AvgIpc) is 3.42. The molecule has 1 aliphatic heterocycles. The molecule has 2 aromatic carbocycles. The summed E-state index contributed by atoms with van der Waals surface area (Å²) < 4.78 is 14.6. The van der Waals surface area contributed by atoms with Crippen LogP contribution in [0.15, 0.2) is 53.3 Å². The molecule has 1 fully saturated rings. The highest BCUT2D eigenvalue weighted by molar-refractivity contribution is 5.78. The summed E-state index contributed by atoms with van der Waals surface area (Å²) in [4.78, 5) is 28.1. The van der Waals surface area contributed by atoms with Gasteiger partial charge in [0, 0.05) is 39.2 Å². The highest BCUT2D eigenvalue weighted by Gasteiger charge is 2.23. The quantitative estimate of drug-likeness (QED) is 0.515. The van der Waals surface area contributed by atoms with Crippen LogP contribution in [0.4, 0.5) is 0 Å². The van der Waals surface area contributed by atoms with Gasteiger partial charge in [-0.1, -0.05) is 24.3 Å². The van der Waals surface area contributed by atoms with E-state index >= 15 is 0 Å². The lowest BCUT2D eigenvalue weighted by Gasteiger charge is -2.26. The Balaban J connectivity index is 1.53. The van der Waals surface area contributed by atoms with E-state index in [0.29, 0.717) is 26.2 Å². The van der Waals surface area contributed by atoms with Gasteiger partial charge in [0.1, 0.15) is 5.75 Å². The van der Waals surface area contributed by atoms with Crippen LogP contribution < -0.4 is 10.4 Å². The van der Waals surface area contributed by atoms with Crippen molar-refractivity contribution in [3.8, 4) is 5.75 Å². The standard InChI is InChI=1S/C25H31N3O4/c1-3-27-22-11-4-5-12-23(22)28(25(27)30)14-13-24(29)26(18-21-10-7-15-32-21)17-19-8-6-9-20(16-19)31-2/h4-6,8-9,11-12,16,21H,3,7,10,13-15,17-18H2,1-2H3. The number of hydrogen-bond acceptors (Lipinski definition) is 4. The van der Waals surface area contributed by atoms with Crippen LogP contribution in [0.1, 0.15) is 31.7 Å². The SMILES string of the molecule is CCn1c(=O)n(CCC(=O)N(Cc2cccc(OC)c2)CC2CCCO2)c2ccccc21. The largest absolute Gasteiger partial charge is 0.497 e. The second-order valence-corrected chi connectivity index (χ2v) is 8.18. The van der Waals surface area contributed by atoms with Crippen molar-refractivity contribution in [2.24, 2.45) is 0 Å². The van der Waals surface area contributed by atoms with Crippen LogP contribution in [0.3, 0.4) is 0 Å². The van der Waals surface area contributed by atoms with Gasteiger partial charge in [-0.3, -0.25) is 13.9 Å². The van der Waals surface area contributed by atoms with Gasteiger partial charge in [-0.2, -0.15) is 0 Å². The lowest BCUT2D eigenvalue weighted by Crippen LogP contribution is -2.37. The van der Waals surface area contributed by atoms with E-state index in [-0.39, 0.29) is 24.1 Å². The maximum absolute atomic E-state index is 13.3. The van der Waals surface area contributed by atoms with Crippen molar-refractivity contribution in [3.63, 3.8) is 0 Å². The van der Waals surface area contributed by atoms with E-state index in [9.17, 15) is 9.59 Å². The molecule has 1 atom stereocenters. The molecule has 0 aliphatic carbocycles. The summed E-state index contributed by atoms with van der Waals surface area (Å²) >= 11 is 0. The van der Waals surface area contributed by atoms with Crippen molar-refractivity contribution in [2.45, 2.75) is 51.9 Å². The fourth-order valence-electron chi connectivity index (χ4n) is 4.44. The Morgan fingerprint density at radius 2 is 1.94 bits per heavy atom. The zero-order chi connectivity index (χ0) is 22.5. The van der Waals surface area contributed by atoms with Crippen LogP contribution in [0.2, 0.25) is 0 Å². The highest BCUT2D eigenvalue weighted by Crippen LogP contribution is 2.19. The van der Waals surface area contributed by atoms with E-state index in [1.165, 1.54) is 0 Å². The van der Waals surface area contributed by atoms with Gasteiger partial charge in [-0.15, -0.1) is 0 Å². The van der Waals surface area contributed by atoms with Crippen molar-refractivity contribution in [1.29, 1.82) is 0 Å². The van der Waals surface area contributed by atoms with E-state index in [4.69, 9.17) is 9.47 Å². The number of fused-ring (bicyclic) bond motifs is 1. The maximum atomic E-state index is 13.3. The molecule has 2 heterocycles. The van der Waals surface area contributed by atoms with Crippen LogP contribution in [0, 0.1) is 0 Å². The molecule has 0 spiro atoms. The Kier molecular flexibility index (Phi) is 6.95. The van der Waals surface area contributed by atoms with Gasteiger partial charge in [0.2, 0.25) is 5.91 Å². The molecule has 7 nitrogen and oxygen atoms in total. The van der Waals surface area contributed by atoms with Crippen LogP contribution in [0.5, 0.6) is 5.75 Å². The third-order valence-electron chi connectivity index (χ3n) is 6.10. The molecule has 1 saturated heterocycles. The summed E-state index contributed by atoms with van der Waals surface area (Å²) in [6, 6.07) is 15.5. The average molecular weight is 438 g/mol. The summed E-state index contributed by atoms with van der Waals surface area (Å²) in [6.07, 6.45) is 2.31. The number of amides is 1. The van der Waals surface area contributed by atoms with Gasteiger partial charge in [-0.25, -0.2) is 4.79 Å². The van der Waals surface area contributed by atoms with Crippen LogP contribution in [0.25, 0.3) is 11.0 Å². The third-order valence-corrected chi connectivity index (χ3v) is 6.10. The first-order valence-electron chi connectivity index (χ1n) is 11.3. The summed E-state index contributed by atoms with van der Waals surface area (Å²) in [5, 5.41) is 0. The number of imidazole rings is 1. The van der Waals surface area contributed by atoms with E-state index < -0.39 is 0 Å². The normalized spacial score (nSPS) is 15.9. The van der Waals surface area contributed by atoms with E-state index in [2.05, 4.69) is 0 Å². The summed E-state index contributed by atoms with van der Waals surface area (Å²) in [7, 11) is 1.64. The Hall–Kier alpha value is -3.06. The van der Waals surface area contributed by atoms with Crippen LogP contribution >= 0.6 is 0 Å². The molecule has 3 aromatic rings. The van der Waals surface area contributed by atoms with Gasteiger partial charge in [0.25, 0.3) is 0 Å². The van der Waals surface area contributed by atoms with E-state index in [1.807, 2.05) is 60.4 Å². The van der Waals surface area contributed by atoms with Gasteiger partial charge in [0.15, 0.2) is 0 Å². The number of ether oxygens (including phenoxy) is 2. The molecule has 0 saturated carbocycles. The Bertz CT molecular complexity index is 1130. The van der Waals surface area contributed by atoms with E-state index in [0.717, 1.165) is 41.8 Å². The molecule has 32 heavy (non-hydrogen) atoms. The maximum Gasteiger partial charge on any atom is 0.329 e. The fourth-order valence-corrected chi connectivity index (χ4v) is 4.44. The number of aryl methyl sites for hydroxylation is 2. The number of hydrogen-bond donors (Lipinski definition) is 0. The predicted octanol–water partition coefficient (Wildman–Crippen LogP) is 3.43. The molecule has 170 valence electrons. The third kappa shape index (κ3) is 4.72. The summed E-state index contributed by atoms with van der Waals surface area (Å²) in [6.45, 7) is 4.70. The topological polar surface area (TPSA) is 65.7 Å². The minimum atomic E-state index is -0.0695. The fraction of sp³-hybridized carbons (Fsp3) is 0.440. The highest BCUT2D eigenvalue weighted by atomic mass is 16.5. The monoisotopic (exact) mass is 437 g/mol. The minimum absolute atomic E-state index is 0.0172. The number of rotatable bonds is 9.